The van der Waals surface area contributed by atoms with E-state index in [0.717, 1.165) is 25.2 Å². The van der Waals surface area contributed by atoms with Crippen molar-refractivity contribution in [2.24, 2.45) is 17.1 Å². The lowest BCUT2D eigenvalue weighted by molar-refractivity contribution is 0.313. The molecule has 0 aliphatic carbocycles. The molecule has 2 N–H and O–H groups in total. The quantitative estimate of drug-likeness (QED) is 0.899. The fraction of sp³-hybridized carbons (Fsp3) is 0.750. The highest BCUT2D eigenvalue weighted by Crippen LogP contribution is 2.21. The number of nitrogens with zero attached hydrogens (tertiary/aromatic N) is 3. The predicted molar refractivity (Wildman–Crippen MR) is 86.6 cm³/mol. The lowest BCUT2D eigenvalue weighted by Crippen LogP contribution is -2.36. The lowest BCUT2D eigenvalue weighted by Gasteiger charge is -2.32. The summed E-state index contributed by atoms with van der Waals surface area (Å²) in [5.41, 5.74) is 6.72. The fourth-order valence-electron chi connectivity index (χ4n) is 2.70. The Hall–Kier alpha value is -1.36. The Balaban J connectivity index is 2.05. The van der Waals surface area contributed by atoms with Gasteiger partial charge in [-0.3, -0.25) is 4.79 Å². The van der Waals surface area contributed by atoms with Gasteiger partial charge in [-0.15, -0.1) is 0 Å². The van der Waals surface area contributed by atoms with Crippen LogP contribution in [-0.2, 0) is 6.54 Å². The normalized spacial score (nSPS) is 19.8. The Labute approximate surface area is 127 Å². The first kappa shape index (κ1) is 16.0. The number of rotatable bonds is 5. The molecular weight excluding hydrogens is 264 g/mol. The first-order valence-corrected chi connectivity index (χ1v) is 7.93. The second-order valence-electron chi connectivity index (χ2n) is 7.09. The highest BCUT2D eigenvalue weighted by Gasteiger charge is 2.19. The van der Waals surface area contributed by atoms with Crippen LogP contribution in [0.5, 0.6) is 0 Å². The minimum Gasteiger partial charge on any atom is -0.370 e. The van der Waals surface area contributed by atoms with Crippen molar-refractivity contribution in [1.82, 2.24) is 9.78 Å². The van der Waals surface area contributed by atoms with Gasteiger partial charge < -0.3 is 10.6 Å². The summed E-state index contributed by atoms with van der Waals surface area (Å²) in [5, 5.41) is 4.34. The molecule has 1 aliphatic heterocycles. The van der Waals surface area contributed by atoms with Crippen molar-refractivity contribution in [3.8, 4) is 0 Å². The lowest BCUT2D eigenvalue weighted by atomic mass is 9.90. The minimum atomic E-state index is -0.0152. The second-order valence-corrected chi connectivity index (χ2v) is 7.09. The van der Waals surface area contributed by atoms with E-state index in [0.29, 0.717) is 19.0 Å². The molecule has 0 radical (unpaired) electrons. The van der Waals surface area contributed by atoms with Crippen LogP contribution in [0.15, 0.2) is 17.1 Å². The zero-order chi connectivity index (χ0) is 15.5. The summed E-state index contributed by atoms with van der Waals surface area (Å²) in [6.07, 6.45) is 5.15. The SMILES string of the molecule is CC1CCCN(c2cnn(CCC(C)(C)CN)c(=O)c2)C1. The summed E-state index contributed by atoms with van der Waals surface area (Å²) in [6, 6.07) is 1.72. The molecule has 5 heteroatoms. The van der Waals surface area contributed by atoms with E-state index in [1.807, 2.05) is 6.20 Å². The summed E-state index contributed by atoms with van der Waals surface area (Å²) in [6.45, 7) is 9.77. The van der Waals surface area contributed by atoms with Crippen molar-refractivity contribution in [3.63, 3.8) is 0 Å². The van der Waals surface area contributed by atoms with Crippen molar-refractivity contribution in [1.29, 1.82) is 0 Å². The van der Waals surface area contributed by atoms with Crippen molar-refractivity contribution in [3.05, 3.63) is 22.6 Å². The third kappa shape index (κ3) is 4.30. The largest absolute Gasteiger partial charge is 0.370 e. The third-order valence-corrected chi connectivity index (χ3v) is 4.43. The molecule has 0 amide bonds. The molecule has 118 valence electrons. The molecule has 0 saturated carbocycles. The standard InChI is InChI=1S/C16H28N4O/c1-13-5-4-7-19(11-13)14-9-15(21)20(18-10-14)8-6-16(2,3)12-17/h9-10,13H,4-8,11-12,17H2,1-3H3. The molecule has 0 spiro atoms. The molecule has 21 heavy (non-hydrogen) atoms. The number of aryl methyl sites for hydroxylation is 1. The summed E-state index contributed by atoms with van der Waals surface area (Å²) < 4.78 is 1.55. The summed E-state index contributed by atoms with van der Waals surface area (Å²) >= 11 is 0. The molecule has 2 heterocycles. The molecular formula is C16H28N4O. The Bertz CT molecular complexity index is 523. The number of anilines is 1. The molecule has 1 aromatic rings. The number of aromatic nitrogens is 2. The number of hydrogen-bond acceptors (Lipinski definition) is 4. The average Bonchev–Trinajstić information content (AvgIpc) is 2.46. The van der Waals surface area contributed by atoms with Crippen LogP contribution in [0, 0.1) is 11.3 Å². The van der Waals surface area contributed by atoms with Gasteiger partial charge >= 0.3 is 0 Å². The average molecular weight is 292 g/mol. The predicted octanol–water partition coefficient (Wildman–Crippen LogP) is 1.85. The van der Waals surface area contributed by atoms with Gasteiger partial charge in [0.15, 0.2) is 0 Å². The number of piperidine rings is 1. The summed E-state index contributed by atoms with van der Waals surface area (Å²) in [4.78, 5) is 14.5. The van der Waals surface area contributed by atoms with E-state index in [1.165, 1.54) is 12.8 Å². The van der Waals surface area contributed by atoms with Gasteiger partial charge in [0, 0.05) is 25.7 Å². The summed E-state index contributed by atoms with van der Waals surface area (Å²) in [5.74, 6) is 0.687. The number of nitrogens with two attached hydrogens (primary N) is 1. The summed E-state index contributed by atoms with van der Waals surface area (Å²) in [7, 11) is 0. The van der Waals surface area contributed by atoms with Crippen molar-refractivity contribution < 1.29 is 0 Å². The van der Waals surface area contributed by atoms with Crippen molar-refractivity contribution >= 4 is 5.69 Å². The zero-order valence-corrected chi connectivity index (χ0v) is 13.5. The van der Waals surface area contributed by atoms with Crippen molar-refractivity contribution in [2.75, 3.05) is 24.5 Å². The van der Waals surface area contributed by atoms with E-state index in [9.17, 15) is 4.79 Å². The highest BCUT2D eigenvalue weighted by molar-refractivity contribution is 5.43. The Kier molecular flexibility index (Phi) is 5.04. The van der Waals surface area contributed by atoms with Crippen molar-refractivity contribution in [2.45, 2.75) is 46.6 Å². The van der Waals surface area contributed by atoms with Crippen LogP contribution in [0.25, 0.3) is 0 Å². The molecule has 1 atom stereocenters. The van der Waals surface area contributed by atoms with E-state index in [4.69, 9.17) is 5.73 Å². The van der Waals surface area contributed by atoms with E-state index in [-0.39, 0.29) is 11.0 Å². The molecule has 5 nitrogen and oxygen atoms in total. The maximum absolute atomic E-state index is 12.2. The highest BCUT2D eigenvalue weighted by atomic mass is 16.1. The topological polar surface area (TPSA) is 64.2 Å². The molecule has 1 saturated heterocycles. The van der Waals surface area contributed by atoms with Crippen LogP contribution in [0.2, 0.25) is 0 Å². The van der Waals surface area contributed by atoms with Gasteiger partial charge in [0.1, 0.15) is 0 Å². The van der Waals surface area contributed by atoms with Gasteiger partial charge in [-0.1, -0.05) is 20.8 Å². The van der Waals surface area contributed by atoms with E-state index < -0.39 is 0 Å². The maximum atomic E-state index is 12.2. The second kappa shape index (κ2) is 6.60. The number of hydrogen-bond donors (Lipinski definition) is 1. The van der Waals surface area contributed by atoms with E-state index in [2.05, 4.69) is 30.8 Å². The maximum Gasteiger partial charge on any atom is 0.268 e. The third-order valence-electron chi connectivity index (χ3n) is 4.43. The monoisotopic (exact) mass is 292 g/mol. The molecule has 2 rings (SSSR count). The molecule has 0 bridgehead atoms. The van der Waals surface area contributed by atoms with Crippen LogP contribution in [0.3, 0.4) is 0 Å². The molecule has 1 aliphatic rings. The molecule has 1 fully saturated rings. The fourth-order valence-corrected chi connectivity index (χ4v) is 2.70. The smallest absolute Gasteiger partial charge is 0.268 e. The van der Waals surface area contributed by atoms with Crippen LogP contribution in [0.4, 0.5) is 5.69 Å². The molecule has 1 unspecified atom stereocenters. The molecule has 1 aromatic heterocycles. The first-order valence-electron chi connectivity index (χ1n) is 7.93. The van der Waals surface area contributed by atoms with Crippen LogP contribution in [-0.4, -0.2) is 29.4 Å². The van der Waals surface area contributed by atoms with Gasteiger partial charge in [-0.05, 0) is 37.1 Å². The van der Waals surface area contributed by atoms with Gasteiger partial charge in [-0.25, -0.2) is 4.68 Å². The van der Waals surface area contributed by atoms with Crippen LogP contribution in [0.1, 0.15) is 40.0 Å². The first-order chi connectivity index (χ1) is 9.91. The van der Waals surface area contributed by atoms with Gasteiger partial charge in [-0.2, -0.15) is 5.10 Å². The Morgan fingerprint density at radius 2 is 2.24 bits per heavy atom. The zero-order valence-electron chi connectivity index (χ0n) is 13.5. The van der Waals surface area contributed by atoms with E-state index >= 15 is 0 Å². The Morgan fingerprint density at radius 1 is 1.48 bits per heavy atom. The van der Waals surface area contributed by atoms with Gasteiger partial charge in [0.05, 0.1) is 11.9 Å². The van der Waals surface area contributed by atoms with Crippen LogP contribution < -0.4 is 16.2 Å². The Morgan fingerprint density at radius 3 is 2.86 bits per heavy atom. The molecule has 0 aromatic carbocycles. The van der Waals surface area contributed by atoms with Gasteiger partial charge in [0.25, 0.3) is 5.56 Å². The minimum absolute atomic E-state index is 0.0152. The van der Waals surface area contributed by atoms with Gasteiger partial charge in [0.2, 0.25) is 0 Å². The van der Waals surface area contributed by atoms with E-state index in [1.54, 1.807) is 10.7 Å². The van der Waals surface area contributed by atoms with Crippen LogP contribution >= 0.6 is 0 Å².